The van der Waals surface area contributed by atoms with Gasteiger partial charge in [0.1, 0.15) is 10.7 Å². The highest BCUT2D eigenvalue weighted by atomic mass is 32.1. The number of aromatic amines is 1. The number of nitrogens with one attached hydrogen (secondary N) is 2. The highest BCUT2D eigenvalue weighted by Crippen LogP contribution is 2.26. The van der Waals surface area contributed by atoms with Crippen molar-refractivity contribution in [3.8, 4) is 0 Å². The summed E-state index contributed by atoms with van der Waals surface area (Å²) >= 11 is 1.27. The lowest BCUT2D eigenvalue weighted by molar-refractivity contribution is 0.0952. The van der Waals surface area contributed by atoms with E-state index in [9.17, 15) is 9.59 Å². The Kier molecular flexibility index (Phi) is 3.71. The van der Waals surface area contributed by atoms with Crippen molar-refractivity contribution in [3.05, 3.63) is 26.6 Å². The van der Waals surface area contributed by atoms with Crippen molar-refractivity contribution in [2.45, 2.75) is 27.7 Å². The molecule has 0 aromatic carbocycles. The Morgan fingerprint density at radius 2 is 2.11 bits per heavy atom. The van der Waals surface area contributed by atoms with Crippen LogP contribution < -0.4 is 10.9 Å². The van der Waals surface area contributed by atoms with Gasteiger partial charge in [-0.15, -0.1) is 11.3 Å². The lowest BCUT2D eigenvalue weighted by Crippen LogP contribution is -2.27. The van der Waals surface area contributed by atoms with Gasteiger partial charge >= 0.3 is 0 Å². The van der Waals surface area contributed by atoms with Crippen LogP contribution in [0.25, 0.3) is 10.2 Å². The molecule has 5 nitrogen and oxygen atoms in total. The summed E-state index contributed by atoms with van der Waals surface area (Å²) in [4.78, 5) is 32.1. The number of H-pyrrole nitrogens is 1. The molecule has 0 aliphatic heterocycles. The van der Waals surface area contributed by atoms with E-state index in [2.05, 4.69) is 15.3 Å². The zero-order valence-electron chi connectivity index (χ0n) is 11.5. The Balaban J connectivity index is 2.45. The van der Waals surface area contributed by atoms with Crippen LogP contribution in [0.1, 0.15) is 34.9 Å². The Morgan fingerprint density at radius 3 is 2.74 bits per heavy atom. The molecule has 2 rings (SSSR count). The monoisotopic (exact) mass is 279 g/mol. The molecule has 0 aliphatic carbocycles. The van der Waals surface area contributed by atoms with Gasteiger partial charge in [-0.2, -0.15) is 0 Å². The van der Waals surface area contributed by atoms with E-state index in [0.29, 0.717) is 38.9 Å². The van der Waals surface area contributed by atoms with Gasteiger partial charge in [0.15, 0.2) is 0 Å². The van der Waals surface area contributed by atoms with Gasteiger partial charge in [0, 0.05) is 6.54 Å². The van der Waals surface area contributed by atoms with E-state index < -0.39 is 0 Å². The maximum absolute atomic E-state index is 12.1. The first-order valence-corrected chi connectivity index (χ1v) is 7.00. The van der Waals surface area contributed by atoms with E-state index in [4.69, 9.17) is 0 Å². The molecule has 102 valence electrons. The Bertz CT molecular complexity index is 685. The SMILES string of the molecule is Cc1nc2sc(C(=O)NCC(C)C)c(C)c2c(=O)[nH]1. The summed E-state index contributed by atoms with van der Waals surface area (Å²) in [6, 6.07) is 0. The second kappa shape index (κ2) is 5.13. The molecular formula is C13H17N3O2S. The molecule has 0 saturated heterocycles. The third-order valence-electron chi connectivity index (χ3n) is 2.80. The summed E-state index contributed by atoms with van der Waals surface area (Å²) < 4.78 is 0. The fraction of sp³-hybridized carbons (Fsp3) is 0.462. The van der Waals surface area contributed by atoms with E-state index >= 15 is 0 Å². The molecule has 6 heteroatoms. The molecular weight excluding hydrogens is 262 g/mol. The minimum absolute atomic E-state index is 0.133. The first-order valence-electron chi connectivity index (χ1n) is 6.18. The van der Waals surface area contributed by atoms with Gasteiger partial charge in [0.25, 0.3) is 11.5 Å². The largest absolute Gasteiger partial charge is 0.351 e. The summed E-state index contributed by atoms with van der Waals surface area (Å²) in [6.07, 6.45) is 0. The minimum atomic E-state index is -0.181. The van der Waals surface area contributed by atoms with Crippen LogP contribution in [0.5, 0.6) is 0 Å². The number of thiophene rings is 1. The van der Waals surface area contributed by atoms with Gasteiger partial charge < -0.3 is 10.3 Å². The molecule has 0 unspecified atom stereocenters. The molecule has 0 saturated carbocycles. The average molecular weight is 279 g/mol. The highest BCUT2D eigenvalue weighted by molar-refractivity contribution is 7.20. The van der Waals surface area contributed by atoms with E-state index in [1.807, 2.05) is 13.8 Å². The number of hydrogen-bond acceptors (Lipinski definition) is 4. The standard InChI is InChI=1S/C13H17N3O2S/c1-6(2)5-14-12(18)10-7(3)9-11(17)15-8(4)16-13(9)19-10/h6H,5H2,1-4H3,(H,14,18)(H,15,16,17). The molecule has 0 spiro atoms. The van der Waals surface area contributed by atoms with Gasteiger partial charge in [0.2, 0.25) is 0 Å². The number of carbonyl (C=O) groups excluding carboxylic acids is 1. The molecule has 2 aromatic heterocycles. The van der Waals surface area contributed by atoms with E-state index in [-0.39, 0.29) is 11.5 Å². The summed E-state index contributed by atoms with van der Waals surface area (Å²) in [5, 5.41) is 3.38. The number of amides is 1. The second-order valence-corrected chi connectivity index (χ2v) is 5.99. The van der Waals surface area contributed by atoms with Gasteiger partial charge in [-0.25, -0.2) is 4.98 Å². The van der Waals surface area contributed by atoms with Crippen LogP contribution in [-0.2, 0) is 0 Å². The quantitative estimate of drug-likeness (QED) is 0.902. The molecule has 1 amide bonds. The third-order valence-corrected chi connectivity index (χ3v) is 3.98. The zero-order chi connectivity index (χ0) is 14.2. The van der Waals surface area contributed by atoms with Crippen LogP contribution in [0.2, 0.25) is 0 Å². The van der Waals surface area contributed by atoms with Crippen molar-refractivity contribution >= 4 is 27.5 Å². The van der Waals surface area contributed by atoms with Crippen molar-refractivity contribution in [3.63, 3.8) is 0 Å². The van der Waals surface area contributed by atoms with Gasteiger partial charge in [0.05, 0.1) is 10.3 Å². The lowest BCUT2D eigenvalue weighted by Gasteiger charge is -2.06. The summed E-state index contributed by atoms with van der Waals surface area (Å²) in [7, 11) is 0. The lowest BCUT2D eigenvalue weighted by atomic mass is 10.2. The van der Waals surface area contributed by atoms with E-state index in [1.165, 1.54) is 11.3 Å². The normalized spacial score (nSPS) is 11.2. The topological polar surface area (TPSA) is 74.8 Å². The van der Waals surface area contributed by atoms with Crippen LogP contribution in [-0.4, -0.2) is 22.4 Å². The third kappa shape index (κ3) is 2.68. The average Bonchev–Trinajstić information content (AvgIpc) is 2.63. The molecule has 2 heterocycles. The number of aryl methyl sites for hydroxylation is 2. The number of hydrogen-bond donors (Lipinski definition) is 2. The molecule has 19 heavy (non-hydrogen) atoms. The summed E-state index contributed by atoms with van der Waals surface area (Å²) in [5.41, 5.74) is 0.522. The van der Waals surface area contributed by atoms with E-state index in [0.717, 1.165) is 0 Å². The van der Waals surface area contributed by atoms with Crippen molar-refractivity contribution < 1.29 is 4.79 Å². The van der Waals surface area contributed by atoms with Crippen molar-refractivity contribution in [2.75, 3.05) is 6.54 Å². The van der Waals surface area contributed by atoms with Crippen LogP contribution in [0.15, 0.2) is 4.79 Å². The fourth-order valence-electron chi connectivity index (χ4n) is 1.85. The molecule has 0 fully saturated rings. The smallest absolute Gasteiger partial charge is 0.261 e. The van der Waals surface area contributed by atoms with Crippen LogP contribution in [0.4, 0.5) is 0 Å². The molecule has 0 atom stereocenters. The highest BCUT2D eigenvalue weighted by Gasteiger charge is 2.18. The fourth-order valence-corrected chi connectivity index (χ4v) is 2.99. The predicted octanol–water partition coefficient (Wildman–Crippen LogP) is 1.99. The molecule has 0 radical (unpaired) electrons. The van der Waals surface area contributed by atoms with Crippen molar-refractivity contribution in [1.29, 1.82) is 0 Å². The molecule has 0 aliphatic rings. The Labute approximate surface area is 115 Å². The zero-order valence-corrected chi connectivity index (χ0v) is 12.3. The summed E-state index contributed by atoms with van der Waals surface area (Å²) in [5.74, 6) is 0.821. The Morgan fingerprint density at radius 1 is 1.42 bits per heavy atom. The van der Waals surface area contributed by atoms with Crippen LogP contribution in [0, 0.1) is 19.8 Å². The molecule has 0 bridgehead atoms. The number of aromatic nitrogens is 2. The number of fused-ring (bicyclic) bond motifs is 1. The first kappa shape index (κ1) is 13.7. The van der Waals surface area contributed by atoms with Crippen LogP contribution in [0.3, 0.4) is 0 Å². The van der Waals surface area contributed by atoms with Gasteiger partial charge in [-0.3, -0.25) is 9.59 Å². The number of nitrogens with zero attached hydrogens (tertiary/aromatic N) is 1. The van der Waals surface area contributed by atoms with Gasteiger partial charge in [-0.05, 0) is 25.3 Å². The van der Waals surface area contributed by atoms with Gasteiger partial charge in [-0.1, -0.05) is 13.8 Å². The summed E-state index contributed by atoms with van der Waals surface area (Å²) in [6.45, 7) is 8.21. The Hall–Kier alpha value is -1.69. The number of rotatable bonds is 3. The second-order valence-electron chi connectivity index (χ2n) is 4.99. The van der Waals surface area contributed by atoms with Crippen molar-refractivity contribution in [2.24, 2.45) is 5.92 Å². The first-order chi connectivity index (χ1) is 8.90. The maximum atomic E-state index is 12.1. The number of carbonyl (C=O) groups is 1. The van der Waals surface area contributed by atoms with E-state index in [1.54, 1.807) is 13.8 Å². The van der Waals surface area contributed by atoms with Crippen LogP contribution >= 0.6 is 11.3 Å². The molecule has 2 N–H and O–H groups in total. The predicted molar refractivity (Wildman–Crippen MR) is 76.9 cm³/mol. The van der Waals surface area contributed by atoms with Crippen molar-refractivity contribution in [1.82, 2.24) is 15.3 Å². The minimum Gasteiger partial charge on any atom is -0.351 e. The maximum Gasteiger partial charge on any atom is 0.261 e. The molecule has 2 aromatic rings.